The van der Waals surface area contributed by atoms with Gasteiger partial charge in [0.25, 0.3) is 0 Å². The molecule has 1 aromatic carbocycles. The first-order valence-corrected chi connectivity index (χ1v) is 12.2. The van der Waals surface area contributed by atoms with Crippen LogP contribution in [0.4, 0.5) is 0 Å². The number of piperidine rings is 1. The first-order chi connectivity index (χ1) is 16.0. The molecule has 0 amide bonds. The van der Waals surface area contributed by atoms with E-state index in [9.17, 15) is 4.79 Å². The van der Waals surface area contributed by atoms with Gasteiger partial charge in [-0.2, -0.15) is 0 Å². The molecule has 4 atom stereocenters. The molecule has 0 aliphatic carbocycles. The van der Waals surface area contributed by atoms with E-state index in [2.05, 4.69) is 16.8 Å². The third-order valence-corrected chi connectivity index (χ3v) is 7.72. The van der Waals surface area contributed by atoms with Gasteiger partial charge in [0.1, 0.15) is 5.41 Å². The second-order valence-corrected chi connectivity index (χ2v) is 9.40. The first-order valence-electron chi connectivity index (χ1n) is 12.2. The van der Waals surface area contributed by atoms with Crippen molar-refractivity contribution in [2.45, 2.75) is 57.4 Å². The van der Waals surface area contributed by atoms with Gasteiger partial charge in [0.05, 0.1) is 20.8 Å². The van der Waals surface area contributed by atoms with Gasteiger partial charge in [0.2, 0.25) is 0 Å². The summed E-state index contributed by atoms with van der Waals surface area (Å²) in [6.45, 7) is 7.19. The van der Waals surface area contributed by atoms with Gasteiger partial charge < -0.3 is 23.9 Å². The molecular formula is C26H38N2O5. The van der Waals surface area contributed by atoms with E-state index in [0.717, 1.165) is 68.4 Å². The quantitative estimate of drug-likeness (QED) is 0.451. The average Bonchev–Trinajstić information content (AvgIpc) is 3.16. The van der Waals surface area contributed by atoms with Crippen molar-refractivity contribution < 1.29 is 23.7 Å². The van der Waals surface area contributed by atoms with Gasteiger partial charge >= 0.3 is 5.97 Å². The highest BCUT2D eigenvalue weighted by atomic mass is 16.5. The van der Waals surface area contributed by atoms with Gasteiger partial charge in [0.15, 0.2) is 11.5 Å². The summed E-state index contributed by atoms with van der Waals surface area (Å²) >= 11 is 0. The summed E-state index contributed by atoms with van der Waals surface area (Å²) < 4.78 is 22.1. The SMILES string of the molecule is CCOC(=O)C12CC(CCCCOC)CN(CCc3c1[nH]c1cc(OC)c(OC)cc31)C2C. The number of hydrogen-bond donors (Lipinski definition) is 1. The molecule has 0 spiro atoms. The van der Waals surface area contributed by atoms with Crippen molar-refractivity contribution in [2.24, 2.45) is 5.92 Å². The van der Waals surface area contributed by atoms with Gasteiger partial charge in [-0.1, -0.05) is 6.42 Å². The molecule has 4 rings (SSSR count). The number of carbonyl (C=O) groups is 1. The molecule has 2 aromatic rings. The van der Waals surface area contributed by atoms with Crippen molar-refractivity contribution in [2.75, 3.05) is 47.6 Å². The minimum absolute atomic E-state index is 0.0601. The molecule has 182 valence electrons. The second-order valence-electron chi connectivity index (χ2n) is 9.40. The number of aromatic nitrogens is 1. The Morgan fingerprint density at radius 2 is 1.94 bits per heavy atom. The Balaban J connectivity index is 1.83. The topological polar surface area (TPSA) is 73.0 Å². The van der Waals surface area contributed by atoms with Gasteiger partial charge in [0, 0.05) is 55.5 Å². The number of rotatable bonds is 9. The summed E-state index contributed by atoms with van der Waals surface area (Å²) in [5, 5.41) is 1.10. The van der Waals surface area contributed by atoms with E-state index >= 15 is 0 Å². The van der Waals surface area contributed by atoms with Crippen molar-refractivity contribution >= 4 is 16.9 Å². The molecule has 0 radical (unpaired) electrons. The smallest absolute Gasteiger partial charge is 0.319 e. The molecule has 1 N–H and O–H groups in total. The molecule has 1 aromatic heterocycles. The van der Waals surface area contributed by atoms with Crippen LogP contribution in [0.15, 0.2) is 12.1 Å². The zero-order valence-corrected chi connectivity index (χ0v) is 20.7. The maximum Gasteiger partial charge on any atom is 0.319 e. The summed E-state index contributed by atoms with van der Waals surface area (Å²) in [6, 6.07) is 4.08. The standard InChI is InChI=1S/C26H38N2O5/c1-6-33-25(29)26-15-18(9-7-8-12-30-3)16-28(17(26)2)11-10-19-20-13-22(31-4)23(32-5)14-21(20)27-24(19)26/h13-14,17-18,27H,6-12,15-16H2,1-5H3. The second kappa shape index (κ2) is 9.94. The van der Waals surface area contributed by atoms with E-state index in [1.807, 2.05) is 19.1 Å². The highest BCUT2D eigenvalue weighted by Crippen LogP contribution is 2.49. The van der Waals surface area contributed by atoms with Crippen LogP contribution >= 0.6 is 0 Å². The van der Waals surface area contributed by atoms with Crippen molar-refractivity contribution in [3.8, 4) is 11.5 Å². The Morgan fingerprint density at radius 1 is 1.18 bits per heavy atom. The minimum atomic E-state index is -0.717. The number of nitrogens with one attached hydrogen (secondary N) is 1. The molecule has 3 heterocycles. The highest BCUT2D eigenvalue weighted by molar-refractivity contribution is 5.93. The molecule has 33 heavy (non-hydrogen) atoms. The lowest BCUT2D eigenvalue weighted by atomic mass is 9.67. The summed E-state index contributed by atoms with van der Waals surface area (Å²) in [5.74, 6) is 1.70. The van der Waals surface area contributed by atoms with Crippen LogP contribution in [0.1, 0.15) is 50.8 Å². The van der Waals surface area contributed by atoms with Crippen molar-refractivity contribution in [3.63, 3.8) is 0 Å². The van der Waals surface area contributed by atoms with Crippen molar-refractivity contribution in [3.05, 3.63) is 23.4 Å². The lowest BCUT2D eigenvalue weighted by Gasteiger charge is -2.48. The minimum Gasteiger partial charge on any atom is -0.493 e. The fourth-order valence-electron chi connectivity index (χ4n) is 6.05. The van der Waals surface area contributed by atoms with E-state index in [1.165, 1.54) is 5.56 Å². The van der Waals surface area contributed by atoms with Gasteiger partial charge in [-0.05, 0) is 57.1 Å². The van der Waals surface area contributed by atoms with E-state index < -0.39 is 5.41 Å². The van der Waals surface area contributed by atoms with Crippen LogP contribution in [0.3, 0.4) is 0 Å². The van der Waals surface area contributed by atoms with Crippen LogP contribution in [0.25, 0.3) is 10.9 Å². The number of fused-ring (bicyclic) bond motifs is 6. The van der Waals surface area contributed by atoms with Crippen LogP contribution in [-0.4, -0.2) is 69.5 Å². The largest absolute Gasteiger partial charge is 0.493 e. The number of carbonyl (C=O) groups excluding carboxylic acids is 1. The first kappa shape index (κ1) is 23.9. The predicted octanol–water partition coefficient (Wildman–Crippen LogP) is 4.07. The molecule has 4 unspecified atom stereocenters. The Bertz CT molecular complexity index is 987. The number of aromatic amines is 1. The number of methoxy groups -OCH3 is 3. The number of benzene rings is 1. The lowest BCUT2D eigenvalue weighted by Crippen LogP contribution is -2.59. The van der Waals surface area contributed by atoms with Crippen LogP contribution in [0.5, 0.6) is 11.5 Å². The number of H-pyrrole nitrogens is 1. The Morgan fingerprint density at radius 3 is 2.64 bits per heavy atom. The van der Waals surface area contributed by atoms with Crippen LogP contribution < -0.4 is 9.47 Å². The Hall–Kier alpha value is -2.25. The summed E-state index contributed by atoms with van der Waals surface area (Å²) in [5.41, 5.74) is 2.48. The molecular weight excluding hydrogens is 420 g/mol. The number of hydrogen-bond acceptors (Lipinski definition) is 6. The average molecular weight is 459 g/mol. The molecule has 0 saturated carbocycles. The third kappa shape index (κ3) is 4.10. The maximum absolute atomic E-state index is 13.8. The normalized spacial score (nSPS) is 26.5. The fraction of sp³-hybridized carbons (Fsp3) is 0.654. The zero-order valence-electron chi connectivity index (χ0n) is 20.7. The number of unbranched alkanes of at least 4 members (excludes halogenated alkanes) is 1. The lowest BCUT2D eigenvalue weighted by molar-refractivity contribution is -0.157. The molecule has 2 bridgehead atoms. The highest BCUT2D eigenvalue weighted by Gasteiger charge is 2.56. The van der Waals surface area contributed by atoms with Gasteiger partial charge in [-0.25, -0.2) is 0 Å². The monoisotopic (exact) mass is 458 g/mol. The number of esters is 1. The summed E-state index contributed by atoms with van der Waals surface area (Å²) in [7, 11) is 5.05. The van der Waals surface area contributed by atoms with Crippen molar-refractivity contribution in [1.29, 1.82) is 0 Å². The molecule has 7 nitrogen and oxygen atoms in total. The molecule has 2 aliphatic heterocycles. The van der Waals surface area contributed by atoms with Crippen molar-refractivity contribution in [1.82, 2.24) is 9.88 Å². The van der Waals surface area contributed by atoms with E-state index in [0.29, 0.717) is 24.0 Å². The summed E-state index contributed by atoms with van der Waals surface area (Å²) in [4.78, 5) is 19.9. The van der Waals surface area contributed by atoms with Crippen LogP contribution in [-0.2, 0) is 26.1 Å². The molecule has 1 fully saturated rings. The third-order valence-electron chi connectivity index (χ3n) is 7.72. The fourth-order valence-corrected chi connectivity index (χ4v) is 6.05. The molecule has 2 aliphatic rings. The van der Waals surface area contributed by atoms with Crippen LogP contribution in [0, 0.1) is 5.92 Å². The van der Waals surface area contributed by atoms with E-state index in [-0.39, 0.29) is 12.0 Å². The van der Waals surface area contributed by atoms with Gasteiger partial charge in [-0.15, -0.1) is 0 Å². The maximum atomic E-state index is 13.8. The number of ether oxygens (including phenoxy) is 4. The Kier molecular flexibility index (Phi) is 7.19. The van der Waals surface area contributed by atoms with Crippen LogP contribution in [0.2, 0.25) is 0 Å². The summed E-state index contributed by atoms with van der Waals surface area (Å²) in [6.07, 6.45) is 4.92. The van der Waals surface area contributed by atoms with Gasteiger partial charge in [-0.3, -0.25) is 9.69 Å². The predicted molar refractivity (Wildman–Crippen MR) is 128 cm³/mol. The molecule has 7 heteroatoms. The van der Waals surface area contributed by atoms with E-state index in [4.69, 9.17) is 18.9 Å². The molecule has 1 saturated heterocycles. The zero-order chi connectivity index (χ0) is 23.6. The van der Waals surface area contributed by atoms with E-state index in [1.54, 1.807) is 21.3 Å². The Labute approximate surface area is 196 Å². The number of nitrogens with zero attached hydrogens (tertiary/aromatic N) is 1.